The minimum atomic E-state index is -3.54. The smallest absolute Gasteiger partial charge is 0.276 e. The van der Waals surface area contributed by atoms with Crippen molar-refractivity contribution >= 4 is 38.2 Å². The van der Waals surface area contributed by atoms with E-state index in [1.165, 1.54) is 7.11 Å². The van der Waals surface area contributed by atoms with Gasteiger partial charge in [0.2, 0.25) is 5.95 Å². The summed E-state index contributed by atoms with van der Waals surface area (Å²) in [5.74, 6) is 0.219. The molecule has 1 unspecified atom stereocenters. The molecule has 2 aromatic heterocycles. The van der Waals surface area contributed by atoms with E-state index in [2.05, 4.69) is 15.6 Å². The van der Waals surface area contributed by atoms with Crippen LogP contribution in [0.15, 0.2) is 70.5 Å². The highest BCUT2D eigenvalue weighted by molar-refractivity contribution is 7.91. The molecule has 3 heterocycles. The standard InChI is InChI=1S/C31H38N6O5S/c1-4-36(5-2)27-18-24-19-33-31(34-25-11-9-23(10-12-25)28-20-32-13-14-42-28)35-29(24)37(30(27)38)21-22-7-6-8-26(17-22)43(39,40)16-15-41-3/h6-12,17-19,28,32H,4-5,13-16,20-21H2,1-3H3,(H,33,34,35). The van der Waals surface area contributed by atoms with Crippen LogP contribution in [0.2, 0.25) is 0 Å². The SMILES string of the molecule is CCN(CC)c1cc2cnc(Nc3ccc(C4CNCCO4)cc3)nc2n(Cc2cccc(S(=O)(=O)CCOC)c2)c1=O. The molecule has 1 aliphatic heterocycles. The van der Waals surface area contributed by atoms with E-state index in [1.54, 1.807) is 29.0 Å². The molecule has 1 fully saturated rings. The van der Waals surface area contributed by atoms with Gasteiger partial charge >= 0.3 is 0 Å². The van der Waals surface area contributed by atoms with Crippen LogP contribution in [-0.2, 0) is 25.9 Å². The van der Waals surface area contributed by atoms with Gasteiger partial charge in [-0.3, -0.25) is 9.36 Å². The molecule has 4 aromatic rings. The first-order valence-corrected chi connectivity index (χ1v) is 16.1. The summed E-state index contributed by atoms with van der Waals surface area (Å²) < 4.78 is 38.1. The van der Waals surface area contributed by atoms with Crippen molar-refractivity contribution in [1.82, 2.24) is 19.9 Å². The zero-order chi connectivity index (χ0) is 30.4. The third-order valence-corrected chi connectivity index (χ3v) is 9.21. The Morgan fingerprint density at radius 1 is 1.14 bits per heavy atom. The van der Waals surface area contributed by atoms with Crippen molar-refractivity contribution in [2.75, 3.05) is 62.5 Å². The third-order valence-electron chi connectivity index (χ3n) is 7.53. The predicted octanol–water partition coefficient (Wildman–Crippen LogP) is 3.51. The van der Waals surface area contributed by atoms with Gasteiger partial charge in [0.1, 0.15) is 11.3 Å². The van der Waals surface area contributed by atoms with Crippen molar-refractivity contribution in [3.8, 4) is 0 Å². The summed E-state index contributed by atoms with van der Waals surface area (Å²) in [5, 5.41) is 7.29. The topological polar surface area (TPSA) is 128 Å². The van der Waals surface area contributed by atoms with E-state index in [1.807, 2.05) is 55.1 Å². The minimum absolute atomic E-state index is 0.0163. The summed E-state index contributed by atoms with van der Waals surface area (Å²) in [5.41, 5.74) is 3.33. The van der Waals surface area contributed by atoms with E-state index in [0.29, 0.717) is 47.9 Å². The minimum Gasteiger partial charge on any atom is -0.384 e. The van der Waals surface area contributed by atoms with E-state index in [4.69, 9.17) is 14.5 Å². The number of aromatic nitrogens is 3. The van der Waals surface area contributed by atoms with Gasteiger partial charge in [-0.1, -0.05) is 24.3 Å². The number of rotatable bonds is 12. The number of anilines is 3. The van der Waals surface area contributed by atoms with Gasteiger partial charge < -0.3 is 25.0 Å². The van der Waals surface area contributed by atoms with Gasteiger partial charge in [0.15, 0.2) is 9.84 Å². The van der Waals surface area contributed by atoms with Crippen molar-refractivity contribution in [2.24, 2.45) is 0 Å². The Balaban J connectivity index is 1.51. The maximum absolute atomic E-state index is 13.9. The monoisotopic (exact) mass is 606 g/mol. The number of pyridine rings is 1. The predicted molar refractivity (Wildman–Crippen MR) is 168 cm³/mol. The zero-order valence-electron chi connectivity index (χ0n) is 24.7. The molecule has 0 radical (unpaired) electrons. The second-order valence-electron chi connectivity index (χ2n) is 10.3. The summed E-state index contributed by atoms with van der Waals surface area (Å²) >= 11 is 0. The van der Waals surface area contributed by atoms with Crippen molar-refractivity contribution in [3.05, 3.63) is 82.3 Å². The van der Waals surface area contributed by atoms with E-state index in [-0.39, 0.29) is 35.5 Å². The van der Waals surface area contributed by atoms with Crippen LogP contribution >= 0.6 is 0 Å². The molecule has 12 heteroatoms. The fourth-order valence-electron chi connectivity index (χ4n) is 5.16. The van der Waals surface area contributed by atoms with Crippen LogP contribution in [0.1, 0.15) is 31.1 Å². The highest BCUT2D eigenvalue weighted by Gasteiger charge is 2.19. The first-order chi connectivity index (χ1) is 20.8. The summed E-state index contributed by atoms with van der Waals surface area (Å²) in [6.45, 7) is 7.86. The molecule has 0 bridgehead atoms. The molecule has 43 heavy (non-hydrogen) atoms. The number of morpholine rings is 1. The number of sulfone groups is 1. The zero-order valence-corrected chi connectivity index (χ0v) is 25.6. The van der Waals surface area contributed by atoms with Crippen LogP contribution in [0.3, 0.4) is 0 Å². The fraction of sp³-hybridized carbons (Fsp3) is 0.387. The van der Waals surface area contributed by atoms with Crippen molar-refractivity contribution < 1.29 is 17.9 Å². The van der Waals surface area contributed by atoms with Gasteiger partial charge in [-0.25, -0.2) is 13.4 Å². The Labute approximate surface area is 251 Å². The molecule has 1 saturated heterocycles. The lowest BCUT2D eigenvalue weighted by molar-refractivity contribution is 0.0277. The molecule has 5 rings (SSSR count). The number of methoxy groups -OCH3 is 1. The Bertz CT molecular complexity index is 1720. The summed E-state index contributed by atoms with van der Waals surface area (Å²) in [6, 6.07) is 16.4. The molecule has 1 atom stereocenters. The Morgan fingerprint density at radius 2 is 1.93 bits per heavy atom. The lowest BCUT2D eigenvalue weighted by Crippen LogP contribution is -2.33. The molecular formula is C31H38N6O5S. The quantitative estimate of drug-likeness (QED) is 0.247. The number of ether oxygens (including phenoxy) is 2. The highest BCUT2D eigenvalue weighted by atomic mass is 32.2. The number of hydrogen-bond donors (Lipinski definition) is 2. The van der Waals surface area contributed by atoms with Crippen molar-refractivity contribution in [1.29, 1.82) is 0 Å². The normalized spacial score (nSPS) is 15.5. The first-order valence-electron chi connectivity index (χ1n) is 14.5. The van der Waals surface area contributed by atoms with Gasteiger partial charge in [-0.05, 0) is 55.3 Å². The van der Waals surface area contributed by atoms with Crippen LogP contribution in [0.4, 0.5) is 17.3 Å². The maximum Gasteiger partial charge on any atom is 0.276 e. The largest absolute Gasteiger partial charge is 0.384 e. The van der Waals surface area contributed by atoms with E-state index in [9.17, 15) is 13.2 Å². The maximum atomic E-state index is 13.9. The molecule has 1 aliphatic rings. The molecule has 0 aliphatic carbocycles. The Hall–Kier alpha value is -3.84. The van der Waals surface area contributed by atoms with E-state index < -0.39 is 9.84 Å². The molecule has 0 amide bonds. The van der Waals surface area contributed by atoms with Gasteiger partial charge in [-0.15, -0.1) is 0 Å². The number of benzene rings is 2. The average molecular weight is 607 g/mol. The first kappa shape index (κ1) is 30.6. The molecule has 0 saturated carbocycles. The molecule has 11 nitrogen and oxygen atoms in total. The van der Waals surface area contributed by atoms with Crippen LogP contribution in [0, 0.1) is 0 Å². The number of nitrogens with one attached hydrogen (secondary N) is 2. The fourth-order valence-corrected chi connectivity index (χ4v) is 6.40. The summed E-state index contributed by atoms with van der Waals surface area (Å²) in [4.78, 5) is 25.4. The van der Waals surface area contributed by atoms with Gasteiger partial charge in [0, 0.05) is 50.6 Å². The van der Waals surface area contributed by atoms with E-state index >= 15 is 0 Å². The molecule has 2 N–H and O–H groups in total. The van der Waals surface area contributed by atoms with Crippen LogP contribution in [0.5, 0.6) is 0 Å². The van der Waals surface area contributed by atoms with Crippen molar-refractivity contribution in [2.45, 2.75) is 31.4 Å². The molecule has 228 valence electrons. The lowest BCUT2D eigenvalue weighted by atomic mass is 10.1. The number of hydrogen-bond acceptors (Lipinski definition) is 10. The van der Waals surface area contributed by atoms with Crippen LogP contribution < -0.4 is 21.1 Å². The van der Waals surface area contributed by atoms with E-state index in [0.717, 1.165) is 24.3 Å². The van der Waals surface area contributed by atoms with Crippen molar-refractivity contribution in [3.63, 3.8) is 0 Å². The number of fused-ring (bicyclic) bond motifs is 1. The second kappa shape index (κ2) is 13.6. The Morgan fingerprint density at radius 3 is 2.63 bits per heavy atom. The van der Waals surface area contributed by atoms with Crippen LogP contribution in [0.25, 0.3) is 11.0 Å². The molecule has 2 aromatic carbocycles. The summed E-state index contributed by atoms with van der Waals surface area (Å²) in [7, 11) is -2.07. The Kier molecular flexibility index (Phi) is 9.71. The highest BCUT2D eigenvalue weighted by Crippen LogP contribution is 2.24. The number of nitrogens with zero attached hydrogens (tertiary/aromatic N) is 4. The van der Waals surface area contributed by atoms with Gasteiger partial charge in [0.05, 0.1) is 36.5 Å². The molecular weight excluding hydrogens is 568 g/mol. The van der Waals surface area contributed by atoms with Crippen LogP contribution in [-0.4, -0.2) is 75.2 Å². The second-order valence-corrected chi connectivity index (χ2v) is 12.4. The lowest BCUT2D eigenvalue weighted by Gasteiger charge is -2.24. The summed E-state index contributed by atoms with van der Waals surface area (Å²) in [6.07, 6.45) is 1.72. The van der Waals surface area contributed by atoms with Gasteiger partial charge in [0.25, 0.3) is 5.56 Å². The average Bonchev–Trinajstić information content (AvgIpc) is 3.03. The van der Waals surface area contributed by atoms with Gasteiger partial charge in [-0.2, -0.15) is 4.98 Å². The third kappa shape index (κ3) is 7.04. The molecule has 0 spiro atoms.